The second-order valence-corrected chi connectivity index (χ2v) is 2.19. The first-order valence-electron chi connectivity index (χ1n) is 2.04. The monoisotopic (exact) mass is 234 g/mol. The second kappa shape index (κ2) is 3.54. The van der Waals surface area contributed by atoms with Gasteiger partial charge in [-0.1, -0.05) is 0 Å². The highest BCUT2D eigenvalue weighted by atomic mass is 127. The van der Waals surface area contributed by atoms with Crippen molar-refractivity contribution in [3.05, 3.63) is 0 Å². The molecule has 0 fully saturated rings. The van der Waals surface area contributed by atoms with Crippen molar-refractivity contribution in [2.24, 2.45) is 0 Å². The van der Waals surface area contributed by atoms with Crippen molar-refractivity contribution >= 4 is 22.9 Å². The number of hydroxylamine groups is 1. The first kappa shape index (κ1) is 8.54. The Kier molecular flexibility index (Phi) is 3.78. The fourth-order valence-electron chi connectivity index (χ4n) is 0.141. The normalized spacial score (nSPS) is 12.0. The summed E-state index contributed by atoms with van der Waals surface area (Å²) in [5, 5.41) is 0. The zero-order valence-electron chi connectivity index (χ0n) is 4.66. The van der Waals surface area contributed by atoms with E-state index in [4.69, 9.17) is 0 Å². The van der Waals surface area contributed by atoms with Crippen LogP contribution in [0.3, 0.4) is 0 Å². The fourth-order valence-corrected chi connectivity index (χ4v) is 0.251. The molecule has 0 spiro atoms. The molecule has 0 radical (unpaired) electrons. The van der Waals surface area contributed by atoms with Crippen molar-refractivity contribution < 1.29 is 9.33 Å². The minimum atomic E-state index is -1.49. The van der Waals surface area contributed by atoms with Crippen LogP contribution in [0.25, 0.3) is 0 Å². The maximum Gasteiger partial charge on any atom is 0.179 e. The van der Waals surface area contributed by atoms with Gasteiger partial charge in [-0.25, -0.2) is 9.33 Å². The maximum absolute atomic E-state index is 12.3. The van der Waals surface area contributed by atoms with E-state index in [1.807, 2.05) is 0 Å². The number of halogens is 2. The van der Waals surface area contributed by atoms with Crippen molar-refractivity contribution in [1.29, 1.82) is 0 Å². The van der Waals surface area contributed by atoms with E-state index >= 15 is 0 Å². The third kappa shape index (κ3) is 6.54. The maximum atomic E-state index is 12.3. The Bertz CT molecular complexity index is 64.8. The highest BCUT2D eigenvalue weighted by Crippen LogP contribution is 2.00. The van der Waals surface area contributed by atoms with Gasteiger partial charge in [0.1, 0.15) is 0 Å². The number of hydrogen-bond acceptors (Lipinski definition) is 3. The Morgan fingerprint density at radius 2 is 2.12 bits per heavy atom. The van der Waals surface area contributed by atoms with Crippen LogP contribution < -0.4 is 9.17 Å². The molecule has 0 aromatic rings. The molecule has 0 heterocycles. The average Bonchev–Trinajstić information content (AvgIpc) is 1.59. The lowest BCUT2D eigenvalue weighted by molar-refractivity contribution is -0.0789. The quantitative estimate of drug-likeness (QED) is 0.331. The highest BCUT2D eigenvalue weighted by Gasteiger charge is 2.13. The third-order valence-corrected chi connectivity index (χ3v) is 0.553. The lowest BCUT2D eigenvalue weighted by Gasteiger charge is -2.13. The first-order chi connectivity index (χ1) is 3.56. The van der Waals surface area contributed by atoms with Gasteiger partial charge in [-0.05, 0) is 13.8 Å². The Labute approximate surface area is 61.4 Å². The Morgan fingerprint density at radius 3 is 2.25 bits per heavy atom. The molecule has 0 aliphatic carbocycles. The van der Waals surface area contributed by atoms with Gasteiger partial charge in [0.2, 0.25) is 0 Å². The summed E-state index contributed by atoms with van der Waals surface area (Å²) in [6.45, 7) is 2.70. The number of hydrogen-bond donors (Lipinski definition) is 2. The van der Waals surface area contributed by atoms with E-state index in [1.54, 1.807) is 22.9 Å². The molecule has 5 heteroatoms. The molecule has 0 aromatic heterocycles. The average molecular weight is 234 g/mol. The van der Waals surface area contributed by atoms with E-state index in [9.17, 15) is 4.39 Å². The van der Waals surface area contributed by atoms with Gasteiger partial charge in [-0.2, -0.15) is 0 Å². The van der Waals surface area contributed by atoms with Gasteiger partial charge >= 0.3 is 0 Å². The minimum Gasteiger partial charge on any atom is -0.225 e. The molecule has 2 N–H and O–H groups in total. The first-order valence-corrected chi connectivity index (χ1v) is 3.11. The summed E-state index contributed by atoms with van der Waals surface area (Å²) in [4.78, 5) is 4.31. The minimum absolute atomic E-state index is 1.35. The van der Waals surface area contributed by atoms with Gasteiger partial charge in [0.25, 0.3) is 0 Å². The van der Waals surface area contributed by atoms with Crippen molar-refractivity contribution in [2.75, 3.05) is 0 Å². The molecule has 3 nitrogen and oxygen atoms in total. The van der Waals surface area contributed by atoms with Crippen molar-refractivity contribution in [2.45, 2.75) is 19.6 Å². The largest absolute Gasteiger partial charge is 0.225 e. The lowest BCUT2D eigenvalue weighted by atomic mass is 10.4. The molecule has 0 saturated heterocycles. The van der Waals surface area contributed by atoms with E-state index < -0.39 is 5.79 Å². The van der Waals surface area contributed by atoms with E-state index in [-0.39, 0.29) is 0 Å². The predicted molar refractivity (Wildman–Crippen MR) is 36.6 cm³/mol. The smallest absolute Gasteiger partial charge is 0.179 e. The van der Waals surface area contributed by atoms with E-state index in [0.29, 0.717) is 0 Å². The molecule has 0 aliphatic heterocycles. The van der Waals surface area contributed by atoms with Gasteiger partial charge in [-0.15, -0.1) is 9.17 Å². The molecule has 0 atom stereocenters. The van der Waals surface area contributed by atoms with Gasteiger partial charge < -0.3 is 0 Å². The van der Waals surface area contributed by atoms with Crippen LogP contribution in [0.2, 0.25) is 0 Å². The van der Waals surface area contributed by atoms with Crippen LogP contribution in [0, 0.1) is 0 Å². The summed E-state index contributed by atoms with van der Waals surface area (Å²) in [6, 6.07) is 0. The lowest BCUT2D eigenvalue weighted by Crippen LogP contribution is -2.36. The molecule has 8 heavy (non-hydrogen) atoms. The number of alkyl halides is 1. The van der Waals surface area contributed by atoms with E-state index in [2.05, 4.69) is 14.1 Å². The molecule has 0 amide bonds. The predicted octanol–water partition coefficient (Wildman–Crippen LogP) is 1.07. The van der Waals surface area contributed by atoms with Crippen LogP contribution in [0.5, 0.6) is 0 Å². The van der Waals surface area contributed by atoms with Crippen LogP contribution in [-0.4, -0.2) is 5.79 Å². The van der Waals surface area contributed by atoms with Gasteiger partial charge in [-0.3, -0.25) is 0 Å². The van der Waals surface area contributed by atoms with Crippen LogP contribution in [0.15, 0.2) is 0 Å². The summed E-state index contributed by atoms with van der Waals surface area (Å²) in [5.74, 6) is -1.49. The molecule has 0 aliphatic rings. The highest BCUT2D eigenvalue weighted by molar-refractivity contribution is 14.1. The zero-order chi connectivity index (χ0) is 6.62. The molecule has 0 aromatic carbocycles. The summed E-state index contributed by atoms with van der Waals surface area (Å²) < 4.78 is 14.5. The summed E-state index contributed by atoms with van der Waals surface area (Å²) in [7, 11) is 0. The van der Waals surface area contributed by atoms with Crippen molar-refractivity contribution in [3.63, 3.8) is 0 Å². The molecular weight excluding hydrogens is 226 g/mol. The zero-order valence-corrected chi connectivity index (χ0v) is 6.82. The molecule has 0 saturated carbocycles. The summed E-state index contributed by atoms with van der Waals surface area (Å²) in [6.07, 6.45) is 0. The topological polar surface area (TPSA) is 33.3 Å². The number of nitrogens with one attached hydrogen (secondary N) is 2. The SMILES string of the molecule is CC(C)(F)NONI. The molecule has 0 rings (SSSR count). The second-order valence-electron chi connectivity index (χ2n) is 1.75. The Balaban J connectivity index is 3.11. The van der Waals surface area contributed by atoms with Crippen LogP contribution in [-0.2, 0) is 4.94 Å². The van der Waals surface area contributed by atoms with Crippen LogP contribution >= 0.6 is 22.9 Å². The summed E-state index contributed by atoms with van der Waals surface area (Å²) >= 11 is 1.73. The summed E-state index contributed by atoms with van der Waals surface area (Å²) in [5.41, 5.74) is 2.09. The van der Waals surface area contributed by atoms with E-state index in [0.717, 1.165) is 0 Å². The van der Waals surface area contributed by atoms with Crippen LogP contribution in [0.4, 0.5) is 4.39 Å². The Hall–Kier alpha value is 0.540. The third-order valence-electron chi connectivity index (χ3n) is 0.332. The Morgan fingerprint density at radius 1 is 1.62 bits per heavy atom. The standard InChI is InChI=1S/C3H8FIN2O/c1-3(2,4)6-8-7-5/h6-7H,1-2H3. The van der Waals surface area contributed by atoms with Gasteiger partial charge in [0.15, 0.2) is 5.79 Å². The fraction of sp³-hybridized carbons (Fsp3) is 1.00. The molecule has 0 bridgehead atoms. The number of rotatable bonds is 3. The van der Waals surface area contributed by atoms with Gasteiger partial charge in [0, 0.05) is 22.9 Å². The molecule has 50 valence electrons. The van der Waals surface area contributed by atoms with Gasteiger partial charge in [0.05, 0.1) is 0 Å². The molecular formula is C3H8FIN2O. The van der Waals surface area contributed by atoms with Crippen molar-refractivity contribution in [3.8, 4) is 0 Å². The molecule has 0 unspecified atom stereocenters. The van der Waals surface area contributed by atoms with Crippen LogP contribution in [0.1, 0.15) is 13.8 Å². The van der Waals surface area contributed by atoms with Crippen molar-refractivity contribution in [1.82, 2.24) is 9.17 Å². The van der Waals surface area contributed by atoms with E-state index in [1.165, 1.54) is 13.8 Å².